The van der Waals surface area contributed by atoms with Crippen molar-refractivity contribution in [3.05, 3.63) is 58.3 Å². The highest BCUT2D eigenvalue weighted by Gasteiger charge is 2.11. The average molecular weight is 340 g/mol. The van der Waals surface area contributed by atoms with Crippen LogP contribution >= 0.6 is 11.3 Å². The molecule has 0 saturated carbocycles. The van der Waals surface area contributed by atoms with E-state index in [9.17, 15) is 4.79 Å². The molecule has 7 nitrogen and oxygen atoms in total. The highest BCUT2D eigenvalue weighted by atomic mass is 32.1. The van der Waals surface area contributed by atoms with E-state index < -0.39 is 0 Å². The van der Waals surface area contributed by atoms with Crippen molar-refractivity contribution in [3.63, 3.8) is 0 Å². The second-order valence-corrected chi connectivity index (χ2v) is 5.94. The fourth-order valence-electron chi connectivity index (χ4n) is 2.32. The summed E-state index contributed by atoms with van der Waals surface area (Å²) in [4.78, 5) is 17.3. The molecule has 0 aliphatic heterocycles. The van der Waals surface area contributed by atoms with Gasteiger partial charge in [0, 0.05) is 5.56 Å². The fourth-order valence-corrected chi connectivity index (χ4v) is 3.04. The van der Waals surface area contributed by atoms with Gasteiger partial charge in [-0.1, -0.05) is 0 Å². The van der Waals surface area contributed by atoms with Crippen LogP contribution < -0.4 is 10.3 Å². The molecular formula is C16H12N4O3S. The summed E-state index contributed by atoms with van der Waals surface area (Å²) in [6.07, 6.45) is 1.50. The van der Waals surface area contributed by atoms with Gasteiger partial charge in [0.2, 0.25) is 11.8 Å². The van der Waals surface area contributed by atoms with Crippen molar-refractivity contribution >= 4 is 21.6 Å². The van der Waals surface area contributed by atoms with Crippen LogP contribution in [-0.2, 0) is 6.54 Å². The number of ether oxygens (including phenoxy) is 1. The molecule has 0 aliphatic rings. The number of aromatic nitrogens is 4. The van der Waals surface area contributed by atoms with Gasteiger partial charge in [0.1, 0.15) is 17.1 Å². The van der Waals surface area contributed by atoms with Crippen LogP contribution in [0.15, 0.2) is 51.3 Å². The molecule has 24 heavy (non-hydrogen) atoms. The van der Waals surface area contributed by atoms with Crippen LogP contribution in [0, 0.1) is 0 Å². The second-order valence-electron chi connectivity index (χ2n) is 5.05. The van der Waals surface area contributed by atoms with Crippen LogP contribution in [0.4, 0.5) is 0 Å². The highest BCUT2D eigenvalue weighted by molar-refractivity contribution is 7.16. The summed E-state index contributed by atoms with van der Waals surface area (Å²) in [6.45, 7) is 0.181. The lowest BCUT2D eigenvalue weighted by Crippen LogP contribution is -2.20. The minimum Gasteiger partial charge on any atom is -0.497 e. The van der Waals surface area contributed by atoms with Crippen LogP contribution in [0.2, 0.25) is 0 Å². The van der Waals surface area contributed by atoms with Gasteiger partial charge in [-0.15, -0.1) is 21.5 Å². The first-order valence-electron chi connectivity index (χ1n) is 7.14. The summed E-state index contributed by atoms with van der Waals surface area (Å²) in [5.41, 5.74) is 0.666. The Morgan fingerprint density at radius 1 is 1.21 bits per heavy atom. The Bertz CT molecular complexity index is 1050. The monoisotopic (exact) mass is 340 g/mol. The summed E-state index contributed by atoms with van der Waals surface area (Å²) < 4.78 is 12.2. The quantitative estimate of drug-likeness (QED) is 0.568. The van der Waals surface area contributed by atoms with E-state index in [0.717, 1.165) is 16.1 Å². The number of fused-ring (bicyclic) bond motifs is 1. The molecule has 0 fully saturated rings. The van der Waals surface area contributed by atoms with Crippen molar-refractivity contribution in [2.24, 2.45) is 0 Å². The summed E-state index contributed by atoms with van der Waals surface area (Å²) in [6, 6.07) is 9.07. The van der Waals surface area contributed by atoms with E-state index in [1.807, 2.05) is 29.6 Å². The van der Waals surface area contributed by atoms with Gasteiger partial charge in [-0.25, -0.2) is 4.98 Å². The third-order valence-corrected chi connectivity index (χ3v) is 4.38. The SMILES string of the molecule is COc1ccc(-c2nnc(Cn3cnc4sccc4c3=O)o2)cc1. The third-order valence-electron chi connectivity index (χ3n) is 3.56. The Kier molecular flexibility index (Phi) is 3.58. The zero-order chi connectivity index (χ0) is 16.5. The van der Waals surface area contributed by atoms with Crippen molar-refractivity contribution in [1.29, 1.82) is 0 Å². The molecule has 4 rings (SSSR count). The first-order valence-corrected chi connectivity index (χ1v) is 8.02. The predicted molar refractivity (Wildman–Crippen MR) is 89.3 cm³/mol. The van der Waals surface area contributed by atoms with Gasteiger partial charge in [-0.05, 0) is 35.7 Å². The molecule has 3 aromatic heterocycles. The van der Waals surface area contributed by atoms with Gasteiger partial charge in [0.05, 0.1) is 18.8 Å². The molecule has 0 atom stereocenters. The third kappa shape index (κ3) is 2.56. The van der Waals surface area contributed by atoms with Crippen LogP contribution in [0.1, 0.15) is 5.89 Å². The van der Waals surface area contributed by atoms with E-state index in [4.69, 9.17) is 9.15 Å². The number of hydrogen-bond donors (Lipinski definition) is 0. The maximum absolute atomic E-state index is 12.4. The minimum atomic E-state index is -0.120. The van der Waals surface area contributed by atoms with Crippen molar-refractivity contribution < 1.29 is 9.15 Å². The van der Waals surface area contributed by atoms with Crippen molar-refractivity contribution in [2.45, 2.75) is 6.54 Å². The molecule has 0 aliphatic carbocycles. The Balaban J connectivity index is 1.62. The standard InChI is InChI=1S/C16H12N4O3S/c1-22-11-4-2-10(3-5-11)14-19-18-13(23-14)8-20-9-17-15-12(16(20)21)6-7-24-15/h2-7,9H,8H2,1H3. The van der Waals surface area contributed by atoms with Gasteiger partial charge in [0.25, 0.3) is 5.56 Å². The Labute approximate surface area is 140 Å². The zero-order valence-corrected chi connectivity index (χ0v) is 13.5. The topological polar surface area (TPSA) is 83.0 Å². The fraction of sp³-hybridized carbons (Fsp3) is 0.125. The van der Waals surface area contributed by atoms with E-state index in [0.29, 0.717) is 17.2 Å². The predicted octanol–water partition coefficient (Wildman–Crippen LogP) is 2.56. The number of methoxy groups -OCH3 is 1. The molecule has 0 spiro atoms. The molecule has 4 aromatic rings. The highest BCUT2D eigenvalue weighted by Crippen LogP contribution is 2.21. The maximum atomic E-state index is 12.4. The van der Waals surface area contributed by atoms with Crippen LogP contribution in [0.5, 0.6) is 5.75 Å². The van der Waals surface area contributed by atoms with Gasteiger partial charge < -0.3 is 9.15 Å². The molecule has 0 radical (unpaired) electrons. The molecule has 0 saturated heterocycles. The molecular weight excluding hydrogens is 328 g/mol. The Morgan fingerprint density at radius 3 is 2.83 bits per heavy atom. The first-order chi connectivity index (χ1) is 11.7. The number of hydrogen-bond acceptors (Lipinski definition) is 7. The molecule has 8 heteroatoms. The molecule has 0 bridgehead atoms. The van der Waals surface area contributed by atoms with Gasteiger partial charge in [0.15, 0.2) is 0 Å². The number of rotatable bonds is 4. The Hall–Kier alpha value is -3.00. The van der Waals surface area contributed by atoms with Crippen molar-refractivity contribution in [2.75, 3.05) is 7.11 Å². The summed E-state index contributed by atoms with van der Waals surface area (Å²) in [5, 5.41) is 10.5. The lowest BCUT2D eigenvalue weighted by Gasteiger charge is -2.01. The average Bonchev–Trinajstić information content (AvgIpc) is 3.27. The molecule has 0 N–H and O–H groups in total. The largest absolute Gasteiger partial charge is 0.497 e. The van der Waals surface area contributed by atoms with Crippen molar-refractivity contribution in [3.8, 4) is 17.2 Å². The number of nitrogens with zero attached hydrogens (tertiary/aromatic N) is 4. The summed E-state index contributed by atoms with van der Waals surface area (Å²) in [7, 11) is 1.61. The van der Waals surface area contributed by atoms with E-state index in [-0.39, 0.29) is 12.1 Å². The first kappa shape index (κ1) is 14.6. The summed E-state index contributed by atoms with van der Waals surface area (Å²) in [5.74, 6) is 1.49. The number of thiophene rings is 1. The van der Waals surface area contributed by atoms with E-state index in [1.165, 1.54) is 22.2 Å². The molecule has 0 unspecified atom stereocenters. The van der Waals surface area contributed by atoms with E-state index in [2.05, 4.69) is 15.2 Å². The van der Waals surface area contributed by atoms with E-state index >= 15 is 0 Å². The zero-order valence-electron chi connectivity index (χ0n) is 12.7. The Morgan fingerprint density at radius 2 is 2.04 bits per heavy atom. The minimum absolute atomic E-state index is 0.120. The van der Waals surface area contributed by atoms with Gasteiger partial charge in [-0.2, -0.15) is 0 Å². The normalized spacial score (nSPS) is 11.0. The van der Waals surface area contributed by atoms with E-state index in [1.54, 1.807) is 13.2 Å². The second kappa shape index (κ2) is 5.89. The number of benzene rings is 1. The van der Waals surface area contributed by atoms with Gasteiger partial charge >= 0.3 is 0 Å². The van der Waals surface area contributed by atoms with Gasteiger partial charge in [-0.3, -0.25) is 9.36 Å². The van der Waals surface area contributed by atoms with Crippen LogP contribution in [-0.4, -0.2) is 26.9 Å². The van der Waals surface area contributed by atoms with Crippen LogP contribution in [0.25, 0.3) is 21.7 Å². The smallest absolute Gasteiger partial charge is 0.262 e. The van der Waals surface area contributed by atoms with Crippen LogP contribution in [0.3, 0.4) is 0 Å². The molecule has 0 amide bonds. The summed E-state index contributed by atoms with van der Waals surface area (Å²) >= 11 is 1.43. The lowest BCUT2D eigenvalue weighted by molar-refractivity contribution is 0.415. The molecule has 120 valence electrons. The molecule has 1 aromatic carbocycles. The van der Waals surface area contributed by atoms with Crippen molar-refractivity contribution in [1.82, 2.24) is 19.7 Å². The lowest BCUT2D eigenvalue weighted by atomic mass is 10.2. The molecule has 3 heterocycles. The maximum Gasteiger partial charge on any atom is 0.262 e.